The SMILES string of the molecule is CC(CO)COc1ccc(C(C)(C)c2ccc(OCC(CO)N(C)CCC[Si](C)(C)O[Si](C)C)cc2)cc1.[Y]. The molecule has 0 bridgehead atoms. The molecule has 216 valence electrons. The van der Waals surface area contributed by atoms with E-state index >= 15 is 0 Å². The summed E-state index contributed by atoms with van der Waals surface area (Å²) in [5.41, 5.74) is 2.21. The second-order valence-corrected chi connectivity index (χ2v) is 18.4. The summed E-state index contributed by atoms with van der Waals surface area (Å²) in [6.45, 7) is 17.4. The second kappa shape index (κ2) is 17.4. The van der Waals surface area contributed by atoms with Gasteiger partial charge >= 0.3 is 0 Å². The van der Waals surface area contributed by atoms with E-state index in [-0.39, 0.29) is 63.3 Å². The third-order valence-corrected chi connectivity index (χ3v) is 12.4. The molecular formula is C30H50NO5Si2Y. The van der Waals surface area contributed by atoms with E-state index < -0.39 is 17.4 Å². The fourth-order valence-electron chi connectivity index (χ4n) is 4.45. The van der Waals surface area contributed by atoms with Gasteiger partial charge in [-0.05, 0) is 87.6 Å². The normalized spacial score (nSPS) is 13.7. The Labute approximate surface area is 265 Å². The Kier molecular flexibility index (Phi) is 16.3. The maximum atomic E-state index is 9.97. The number of hydrogen-bond donors (Lipinski definition) is 2. The summed E-state index contributed by atoms with van der Waals surface area (Å²) in [6.07, 6.45) is 1.07. The van der Waals surface area contributed by atoms with Crippen LogP contribution in [0.4, 0.5) is 0 Å². The van der Waals surface area contributed by atoms with Crippen LogP contribution in [0, 0.1) is 5.92 Å². The summed E-state index contributed by atoms with van der Waals surface area (Å²) in [6, 6.07) is 17.5. The monoisotopic (exact) mass is 649 g/mol. The Morgan fingerprint density at radius 3 is 1.79 bits per heavy atom. The van der Waals surface area contributed by atoms with Gasteiger partial charge in [0.15, 0.2) is 17.4 Å². The first-order valence-electron chi connectivity index (χ1n) is 13.8. The summed E-state index contributed by atoms with van der Waals surface area (Å²) < 4.78 is 18.1. The van der Waals surface area contributed by atoms with Crippen LogP contribution in [0.1, 0.15) is 38.3 Å². The topological polar surface area (TPSA) is 71.4 Å². The van der Waals surface area contributed by atoms with Crippen molar-refractivity contribution in [1.82, 2.24) is 4.90 Å². The van der Waals surface area contributed by atoms with Crippen molar-refractivity contribution in [3.8, 4) is 11.5 Å². The summed E-state index contributed by atoms with van der Waals surface area (Å²) in [5, 5.41) is 19.1. The molecule has 2 radical (unpaired) electrons. The molecular weight excluding hydrogens is 599 g/mol. The summed E-state index contributed by atoms with van der Waals surface area (Å²) in [5.74, 6) is 1.73. The summed E-state index contributed by atoms with van der Waals surface area (Å²) in [7, 11) is -0.199. The standard InChI is InChI=1S/C30H50NO5Si2.Y/c1-24(20-32)22-34-28-14-10-25(11-15-28)30(2,3)26-12-16-29(17-13-26)35-23-27(21-33)31(4)18-9-19-38(7,8)36-37(5)6;/h10-17,24,27,32-33H,9,18-23H2,1-8H3;. The number of rotatable bonds is 17. The van der Waals surface area contributed by atoms with Crippen molar-refractivity contribution >= 4 is 17.4 Å². The third-order valence-electron chi connectivity index (χ3n) is 7.04. The molecule has 9 heteroatoms. The van der Waals surface area contributed by atoms with Gasteiger partial charge in [0.25, 0.3) is 0 Å². The molecule has 0 aliphatic rings. The first-order chi connectivity index (χ1) is 17.9. The molecule has 2 aromatic rings. The van der Waals surface area contributed by atoms with Gasteiger partial charge in [0.2, 0.25) is 0 Å². The number of benzene rings is 2. The minimum Gasteiger partial charge on any atom is -0.493 e. The van der Waals surface area contributed by atoms with Crippen LogP contribution < -0.4 is 9.47 Å². The first-order valence-corrected chi connectivity index (χ1v) is 19.3. The van der Waals surface area contributed by atoms with Crippen LogP contribution in [0.3, 0.4) is 0 Å². The molecule has 0 saturated heterocycles. The van der Waals surface area contributed by atoms with Crippen molar-refractivity contribution in [3.63, 3.8) is 0 Å². The van der Waals surface area contributed by atoms with E-state index in [0.717, 1.165) is 30.5 Å². The van der Waals surface area contributed by atoms with Crippen molar-refractivity contribution in [2.75, 3.05) is 40.0 Å². The zero-order valence-electron chi connectivity index (χ0n) is 25.4. The van der Waals surface area contributed by atoms with Crippen molar-refractivity contribution in [2.24, 2.45) is 5.92 Å². The van der Waals surface area contributed by atoms with Crippen LogP contribution in [-0.2, 0) is 42.2 Å². The summed E-state index contributed by atoms with van der Waals surface area (Å²) >= 11 is 0. The van der Waals surface area contributed by atoms with Gasteiger partial charge < -0.3 is 23.8 Å². The van der Waals surface area contributed by atoms with E-state index in [9.17, 15) is 10.2 Å². The van der Waals surface area contributed by atoms with Gasteiger partial charge in [-0.3, -0.25) is 4.90 Å². The van der Waals surface area contributed by atoms with Gasteiger partial charge in [-0.2, -0.15) is 0 Å². The second-order valence-electron chi connectivity index (χ2n) is 11.8. The van der Waals surface area contributed by atoms with Gasteiger partial charge in [-0.15, -0.1) is 0 Å². The molecule has 0 aromatic heterocycles. The number of likely N-dealkylation sites (N-methyl/N-ethyl adjacent to an activating group) is 1. The van der Waals surface area contributed by atoms with Crippen molar-refractivity contribution in [3.05, 3.63) is 59.7 Å². The van der Waals surface area contributed by atoms with Gasteiger partial charge in [0, 0.05) is 50.6 Å². The molecule has 0 fully saturated rings. The Morgan fingerprint density at radius 1 is 0.872 bits per heavy atom. The van der Waals surface area contributed by atoms with E-state index in [4.69, 9.17) is 13.6 Å². The Hall–Kier alpha value is -0.582. The maximum absolute atomic E-state index is 9.97. The van der Waals surface area contributed by atoms with Crippen molar-refractivity contribution < 1.29 is 56.5 Å². The van der Waals surface area contributed by atoms with Gasteiger partial charge in [0.1, 0.15) is 18.1 Å². The molecule has 2 aromatic carbocycles. The third kappa shape index (κ3) is 12.4. The Balaban J connectivity index is 0.00000760. The number of aliphatic hydroxyl groups is 2. The van der Waals surface area contributed by atoms with Gasteiger partial charge in [-0.1, -0.05) is 45.0 Å². The molecule has 0 amide bonds. The van der Waals surface area contributed by atoms with E-state index in [1.165, 1.54) is 11.1 Å². The number of hydrogen-bond acceptors (Lipinski definition) is 6. The average Bonchev–Trinajstić information content (AvgIpc) is 2.87. The van der Waals surface area contributed by atoms with E-state index in [1.807, 2.05) is 31.2 Å². The largest absolute Gasteiger partial charge is 0.493 e. The fraction of sp³-hybridized carbons (Fsp3) is 0.600. The molecule has 6 nitrogen and oxygen atoms in total. The van der Waals surface area contributed by atoms with Crippen LogP contribution >= 0.6 is 0 Å². The first kappa shape index (κ1) is 36.4. The Morgan fingerprint density at radius 2 is 1.36 bits per heavy atom. The number of nitrogens with zero attached hydrogens (tertiary/aromatic N) is 1. The predicted molar refractivity (Wildman–Crippen MR) is 161 cm³/mol. The Bertz CT molecular complexity index is 941. The minimum absolute atomic E-state index is 0. The molecule has 2 rings (SSSR count). The minimum atomic E-state index is -1.60. The molecule has 0 aliphatic heterocycles. The molecule has 0 aliphatic carbocycles. The zero-order chi connectivity index (χ0) is 28.3. The van der Waals surface area contributed by atoms with E-state index in [2.05, 4.69) is 76.2 Å². The molecule has 2 atom stereocenters. The predicted octanol–water partition coefficient (Wildman–Crippen LogP) is 5.55. The summed E-state index contributed by atoms with van der Waals surface area (Å²) in [4.78, 5) is 2.20. The van der Waals surface area contributed by atoms with Crippen LogP contribution in [0.25, 0.3) is 0 Å². The number of ether oxygens (including phenoxy) is 2. The fourth-order valence-corrected chi connectivity index (χ4v) is 10.3. The smallest absolute Gasteiger partial charge is 0.191 e. The van der Waals surface area contributed by atoms with E-state index in [0.29, 0.717) is 13.2 Å². The van der Waals surface area contributed by atoms with Crippen LogP contribution in [0.15, 0.2) is 48.5 Å². The van der Waals surface area contributed by atoms with Gasteiger partial charge in [0.05, 0.1) is 19.3 Å². The molecule has 2 unspecified atom stereocenters. The zero-order valence-corrected chi connectivity index (χ0v) is 30.2. The molecule has 0 saturated carbocycles. The quantitative estimate of drug-likeness (QED) is 0.219. The van der Waals surface area contributed by atoms with Gasteiger partial charge in [-0.25, -0.2) is 0 Å². The number of aliphatic hydroxyl groups excluding tert-OH is 2. The van der Waals surface area contributed by atoms with Crippen LogP contribution in [0.5, 0.6) is 11.5 Å². The molecule has 39 heavy (non-hydrogen) atoms. The van der Waals surface area contributed by atoms with Crippen LogP contribution in [-0.4, -0.2) is 78.5 Å². The van der Waals surface area contributed by atoms with Crippen molar-refractivity contribution in [2.45, 2.75) is 70.9 Å². The molecule has 0 heterocycles. The molecule has 2 N–H and O–H groups in total. The average molecular weight is 650 g/mol. The maximum Gasteiger partial charge on any atom is 0.191 e. The molecule has 0 spiro atoms. The van der Waals surface area contributed by atoms with Crippen molar-refractivity contribution in [1.29, 1.82) is 0 Å². The van der Waals surface area contributed by atoms with Crippen LogP contribution in [0.2, 0.25) is 32.2 Å². The van der Waals surface area contributed by atoms with E-state index in [1.54, 1.807) is 0 Å².